The van der Waals surface area contributed by atoms with Crippen LogP contribution in [0.4, 0.5) is 13.2 Å². The molecule has 0 radical (unpaired) electrons. The molecule has 0 N–H and O–H groups in total. The highest BCUT2D eigenvalue weighted by atomic mass is 35.5. The van der Waals surface area contributed by atoms with E-state index in [4.69, 9.17) is 27.9 Å². The van der Waals surface area contributed by atoms with Crippen LogP contribution in [0.25, 0.3) is 10.8 Å². The van der Waals surface area contributed by atoms with E-state index in [2.05, 4.69) is 4.90 Å². The highest BCUT2D eigenvalue weighted by Crippen LogP contribution is 2.37. The number of rotatable bonds is 11. The molecule has 1 fully saturated rings. The zero-order valence-electron chi connectivity index (χ0n) is 27.1. The molecule has 0 aliphatic carbocycles. The highest BCUT2D eigenvalue weighted by molar-refractivity contribution is 7.84. The number of fused-ring (bicyclic) bond motifs is 1. The molecule has 1 amide bonds. The van der Waals surface area contributed by atoms with Crippen LogP contribution in [0, 0.1) is 11.3 Å². The van der Waals surface area contributed by atoms with Gasteiger partial charge < -0.3 is 14.5 Å². The molecule has 49 heavy (non-hydrogen) atoms. The highest BCUT2D eigenvalue weighted by Gasteiger charge is 2.37. The predicted octanol–water partition coefficient (Wildman–Crippen LogP) is 8.82. The second-order valence-corrected chi connectivity index (χ2v) is 14.4. The fourth-order valence-corrected chi connectivity index (χ4v) is 7.85. The number of carbonyl (C=O) groups is 1. The van der Waals surface area contributed by atoms with E-state index in [-0.39, 0.29) is 34.4 Å². The van der Waals surface area contributed by atoms with Gasteiger partial charge in [-0.2, -0.15) is 18.4 Å². The van der Waals surface area contributed by atoms with Crippen molar-refractivity contribution in [3.8, 4) is 11.8 Å². The Kier molecular flexibility index (Phi) is 11.9. The second-order valence-electron chi connectivity index (χ2n) is 12.2. The fraction of sp³-hybridized carbons (Fsp3) is 0.351. The Bertz CT molecular complexity index is 1890. The van der Waals surface area contributed by atoms with Gasteiger partial charge in [0, 0.05) is 23.6 Å². The van der Waals surface area contributed by atoms with Gasteiger partial charge in [0.25, 0.3) is 5.91 Å². The van der Waals surface area contributed by atoms with Crippen molar-refractivity contribution < 1.29 is 26.9 Å². The fourth-order valence-electron chi connectivity index (χ4n) is 6.71. The number of piperidine rings is 1. The molecular formula is C37H36Cl2F3N3O3S. The molecule has 1 aliphatic rings. The summed E-state index contributed by atoms with van der Waals surface area (Å²) >= 11 is 12.6. The van der Waals surface area contributed by atoms with Crippen molar-refractivity contribution in [3.05, 3.63) is 105 Å². The smallest absolute Gasteiger partial charge is 0.406 e. The topological polar surface area (TPSA) is 73.6 Å². The molecule has 0 saturated carbocycles. The largest absolute Gasteiger partial charge is 0.495 e. The molecule has 0 aromatic heterocycles. The van der Waals surface area contributed by atoms with Crippen LogP contribution in [-0.2, 0) is 10.8 Å². The third kappa shape index (κ3) is 8.76. The van der Waals surface area contributed by atoms with Gasteiger partial charge in [-0.15, -0.1) is 0 Å². The van der Waals surface area contributed by atoms with Gasteiger partial charge in [-0.25, -0.2) is 0 Å². The molecule has 12 heteroatoms. The first kappa shape index (κ1) is 36.7. The minimum atomic E-state index is -4.70. The minimum Gasteiger partial charge on any atom is -0.495 e. The Morgan fingerprint density at radius 2 is 1.76 bits per heavy atom. The van der Waals surface area contributed by atoms with Gasteiger partial charge in [0.15, 0.2) is 0 Å². The standard InChI is InChI=1S/C37H36Cl2F3N3O3S/c1-48-35-28(21-43)19-26-7-3-4-9-30(26)34(35)36(46)45(23-37(40,41)42)22-27(25-11-12-31(38)32(39)20-25)15-18-44-16-13-24(14-17-44)29-8-5-6-10-33(29)49(2)47/h3-12,19-20,24,27H,13-18,22-23H2,1-2H3/t27?,49-/m0/s1. The van der Waals surface area contributed by atoms with E-state index in [1.165, 1.54) is 7.11 Å². The number of methoxy groups -OCH3 is 1. The summed E-state index contributed by atoms with van der Waals surface area (Å²) in [5.41, 5.74) is 1.71. The van der Waals surface area contributed by atoms with Gasteiger partial charge in [-0.3, -0.25) is 9.00 Å². The van der Waals surface area contributed by atoms with Gasteiger partial charge in [0.1, 0.15) is 18.4 Å². The number of nitrogens with zero attached hydrogens (tertiary/aromatic N) is 3. The summed E-state index contributed by atoms with van der Waals surface area (Å²) in [7, 11) is 0.191. The maximum atomic E-state index is 14.3. The second kappa shape index (κ2) is 15.9. The molecule has 1 saturated heterocycles. The predicted molar refractivity (Wildman–Crippen MR) is 188 cm³/mol. The Balaban J connectivity index is 1.43. The van der Waals surface area contributed by atoms with Crippen LogP contribution in [0.15, 0.2) is 77.7 Å². The van der Waals surface area contributed by atoms with Gasteiger partial charge in [-0.05, 0) is 91.0 Å². The Labute approximate surface area is 296 Å². The monoisotopic (exact) mass is 729 g/mol. The minimum absolute atomic E-state index is 0.0498. The maximum absolute atomic E-state index is 14.3. The van der Waals surface area contributed by atoms with Gasteiger partial charge in [0.2, 0.25) is 0 Å². The molecule has 2 atom stereocenters. The quantitative estimate of drug-likeness (QED) is 0.154. The number of benzene rings is 4. The van der Waals surface area contributed by atoms with Gasteiger partial charge in [-0.1, -0.05) is 71.7 Å². The summed E-state index contributed by atoms with van der Waals surface area (Å²) in [6.45, 7) is 0.332. The lowest BCUT2D eigenvalue weighted by atomic mass is 9.88. The number of nitriles is 1. The molecule has 0 spiro atoms. The van der Waals surface area contributed by atoms with Crippen molar-refractivity contribution in [2.75, 3.05) is 46.1 Å². The normalized spacial score (nSPS) is 15.5. The number of amides is 1. The molecule has 1 heterocycles. The number of carbonyl (C=O) groups excluding carboxylic acids is 1. The molecule has 1 unspecified atom stereocenters. The van der Waals surface area contributed by atoms with Crippen LogP contribution >= 0.6 is 23.2 Å². The summed E-state index contributed by atoms with van der Waals surface area (Å²) in [6.07, 6.45) is -0.869. The maximum Gasteiger partial charge on any atom is 0.406 e. The average Bonchev–Trinajstić information content (AvgIpc) is 3.09. The number of hydrogen-bond acceptors (Lipinski definition) is 5. The first-order valence-corrected chi connectivity index (χ1v) is 18.2. The van der Waals surface area contributed by atoms with Gasteiger partial charge in [0.05, 0.1) is 39.1 Å². The molecule has 4 aromatic rings. The van der Waals surface area contributed by atoms with E-state index in [9.17, 15) is 27.4 Å². The molecule has 6 nitrogen and oxygen atoms in total. The zero-order chi connectivity index (χ0) is 35.3. The van der Waals surface area contributed by atoms with Crippen molar-refractivity contribution in [2.45, 2.75) is 42.2 Å². The SMILES string of the molecule is COc1c(C#N)cc2ccccc2c1C(=O)N(CC(CCN1CCC(c2ccccc2[S@](C)=O)CC1)c1ccc(Cl)c(Cl)c1)CC(F)(F)F. The van der Waals surface area contributed by atoms with Crippen LogP contribution in [-0.4, -0.2) is 72.2 Å². The lowest BCUT2D eigenvalue weighted by Crippen LogP contribution is -2.42. The third-order valence-electron chi connectivity index (χ3n) is 9.10. The van der Waals surface area contributed by atoms with Crippen LogP contribution < -0.4 is 4.74 Å². The summed E-state index contributed by atoms with van der Waals surface area (Å²) in [4.78, 5) is 18.2. The van der Waals surface area contributed by atoms with E-state index in [0.717, 1.165) is 41.3 Å². The number of likely N-dealkylation sites (tertiary alicyclic amines) is 1. The molecule has 1 aliphatic heterocycles. The van der Waals surface area contributed by atoms with Crippen molar-refractivity contribution in [3.63, 3.8) is 0 Å². The van der Waals surface area contributed by atoms with E-state index in [0.29, 0.717) is 34.3 Å². The van der Waals surface area contributed by atoms with Crippen LogP contribution in [0.5, 0.6) is 5.75 Å². The van der Waals surface area contributed by atoms with Crippen LogP contribution in [0.3, 0.4) is 0 Å². The number of hydrogen-bond donors (Lipinski definition) is 0. The van der Waals surface area contributed by atoms with Crippen molar-refractivity contribution in [2.24, 2.45) is 0 Å². The zero-order valence-corrected chi connectivity index (χ0v) is 29.4. The molecule has 5 rings (SSSR count). The Hall–Kier alpha value is -3.62. The van der Waals surface area contributed by atoms with E-state index in [1.54, 1.807) is 54.8 Å². The molecule has 258 valence electrons. The van der Waals surface area contributed by atoms with Crippen molar-refractivity contribution >= 4 is 50.7 Å². The van der Waals surface area contributed by atoms with Crippen molar-refractivity contribution in [1.82, 2.24) is 9.80 Å². The lowest BCUT2D eigenvalue weighted by molar-refractivity contribution is -0.141. The lowest BCUT2D eigenvalue weighted by Gasteiger charge is -2.35. The summed E-state index contributed by atoms with van der Waals surface area (Å²) in [5, 5.41) is 11.3. The van der Waals surface area contributed by atoms with Crippen LogP contribution in [0.2, 0.25) is 10.0 Å². The average molecular weight is 731 g/mol. The first-order valence-electron chi connectivity index (χ1n) is 15.9. The summed E-state index contributed by atoms with van der Waals surface area (Å²) in [6, 6.07) is 23.1. The molecule has 0 bridgehead atoms. The summed E-state index contributed by atoms with van der Waals surface area (Å²) < 4.78 is 60.4. The van der Waals surface area contributed by atoms with Crippen LogP contribution in [0.1, 0.15) is 58.1 Å². The van der Waals surface area contributed by atoms with E-state index in [1.807, 2.05) is 30.3 Å². The Morgan fingerprint density at radius 3 is 2.41 bits per heavy atom. The van der Waals surface area contributed by atoms with Gasteiger partial charge >= 0.3 is 6.18 Å². The first-order chi connectivity index (χ1) is 23.4. The van der Waals surface area contributed by atoms with E-state index >= 15 is 0 Å². The number of halogens is 5. The molecule has 4 aromatic carbocycles. The number of ether oxygens (including phenoxy) is 1. The van der Waals surface area contributed by atoms with E-state index < -0.39 is 35.3 Å². The molecular weight excluding hydrogens is 694 g/mol. The number of alkyl halides is 3. The van der Waals surface area contributed by atoms with Crippen molar-refractivity contribution in [1.29, 1.82) is 5.26 Å². The third-order valence-corrected chi connectivity index (χ3v) is 10.8. The summed E-state index contributed by atoms with van der Waals surface area (Å²) in [5.74, 6) is -1.23. The Morgan fingerprint density at radius 1 is 1.06 bits per heavy atom.